The molecule has 0 amide bonds. The van der Waals surface area contributed by atoms with E-state index < -0.39 is 0 Å². The number of rotatable bonds is 5. The molecule has 1 aliphatic carbocycles. The molecule has 1 fully saturated rings. The van der Waals surface area contributed by atoms with Gasteiger partial charge in [0, 0.05) is 15.4 Å². The van der Waals surface area contributed by atoms with Gasteiger partial charge in [-0.3, -0.25) is 0 Å². The van der Waals surface area contributed by atoms with Crippen molar-refractivity contribution < 1.29 is 0 Å². The molecule has 90 valence electrons. The molecule has 2 atom stereocenters. The zero-order chi connectivity index (χ0) is 11.5. The van der Waals surface area contributed by atoms with Gasteiger partial charge < -0.3 is 5.32 Å². The van der Waals surface area contributed by atoms with E-state index in [1.165, 1.54) is 35.2 Å². The Bertz CT molecular complexity index is 334. The van der Waals surface area contributed by atoms with Crippen LogP contribution in [0.15, 0.2) is 15.9 Å². The van der Waals surface area contributed by atoms with Crippen LogP contribution < -0.4 is 5.32 Å². The molecule has 0 aromatic carbocycles. The summed E-state index contributed by atoms with van der Waals surface area (Å²) in [5.74, 6) is 1.80. The van der Waals surface area contributed by atoms with Crippen LogP contribution in [-0.2, 0) is 6.42 Å². The van der Waals surface area contributed by atoms with Gasteiger partial charge in [-0.05, 0) is 65.0 Å². The Morgan fingerprint density at radius 3 is 2.69 bits per heavy atom. The van der Waals surface area contributed by atoms with Crippen LogP contribution in [-0.4, -0.2) is 12.6 Å². The molecule has 2 unspecified atom stereocenters. The van der Waals surface area contributed by atoms with Crippen LogP contribution in [0.25, 0.3) is 0 Å². The van der Waals surface area contributed by atoms with Gasteiger partial charge in [0.25, 0.3) is 0 Å². The fourth-order valence-corrected chi connectivity index (χ4v) is 3.88. The average Bonchev–Trinajstić information content (AvgIpc) is 2.58. The maximum Gasteiger partial charge on any atom is 0.0314 e. The standard InChI is InChI=1S/C13H20BrNS/c1-9(2)15-8-11-4-3-10(11)7-13-12(14)5-6-16-13/h5-6,9-11,15H,3-4,7-8H2,1-2H3. The monoisotopic (exact) mass is 301 g/mol. The second-order valence-corrected chi connectivity index (χ2v) is 6.91. The molecule has 0 bridgehead atoms. The minimum atomic E-state index is 0.620. The fourth-order valence-electron chi connectivity index (χ4n) is 2.27. The summed E-state index contributed by atoms with van der Waals surface area (Å²) in [6.07, 6.45) is 4.09. The maximum atomic E-state index is 3.62. The third kappa shape index (κ3) is 3.08. The molecule has 1 saturated carbocycles. The summed E-state index contributed by atoms with van der Waals surface area (Å²) in [5.41, 5.74) is 0. The van der Waals surface area contributed by atoms with Gasteiger partial charge in [-0.25, -0.2) is 0 Å². The second kappa shape index (κ2) is 5.65. The van der Waals surface area contributed by atoms with E-state index in [4.69, 9.17) is 0 Å². The average molecular weight is 302 g/mol. The Labute approximate surface area is 111 Å². The van der Waals surface area contributed by atoms with Gasteiger partial charge in [-0.1, -0.05) is 13.8 Å². The van der Waals surface area contributed by atoms with Crippen molar-refractivity contribution in [1.29, 1.82) is 0 Å². The lowest BCUT2D eigenvalue weighted by Gasteiger charge is -2.37. The van der Waals surface area contributed by atoms with Crippen LogP contribution in [0.2, 0.25) is 0 Å². The highest BCUT2D eigenvalue weighted by Gasteiger charge is 2.31. The van der Waals surface area contributed by atoms with E-state index >= 15 is 0 Å². The molecule has 1 N–H and O–H groups in total. The normalized spacial score (nSPS) is 24.8. The van der Waals surface area contributed by atoms with E-state index in [1.54, 1.807) is 0 Å². The minimum Gasteiger partial charge on any atom is -0.314 e. The molecular weight excluding hydrogens is 282 g/mol. The number of nitrogens with one attached hydrogen (secondary N) is 1. The van der Waals surface area contributed by atoms with Crippen LogP contribution in [0.4, 0.5) is 0 Å². The fraction of sp³-hybridized carbons (Fsp3) is 0.692. The molecule has 0 saturated heterocycles. The molecular formula is C13H20BrNS. The summed E-state index contributed by atoms with van der Waals surface area (Å²) in [6.45, 7) is 5.65. The first kappa shape index (κ1) is 12.6. The third-order valence-corrected chi connectivity index (χ3v) is 5.45. The summed E-state index contributed by atoms with van der Waals surface area (Å²) in [4.78, 5) is 1.53. The highest BCUT2D eigenvalue weighted by Crippen LogP contribution is 2.38. The first-order valence-corrected chi connectivity index (χ1v) is 7.79. The summed E-state index contributed by atoms with van der Waals surface area (Å²) >= 11 is 5.51. The van der Waals surface area contributed by atoms with E-state index in [0.717, 1.165) is 11.8 Å². The van der Waals surface area contributed by atoms with Crippen molar-refractivity contribution in [3.8, 4) is 0 Å². The van der Waals surface area contributed by atoms with Gasteiger partial charge in [0.1, 0.15) is 0 Å². The zero-order valence-corrected chi connectivity index (χ0v) is 12.4. The van der Waals surface area contributed by atoms with Crippen molar-refractivity contribution in [2.75, 3.05) is 6.54 Å². The first-order chi connectivity index (χ1) is 7.66. The summed E-state index contributed by atoms with van der Waals surface area (Å²) in [7, 11) is 0. The molecule has 1 nitrogen and oxygen atoms in total. The molecule has 0 spiro atoms. The van der Waals surface area contributed by atoms with Crippen molar-refractivity contribution in [2.45, 2.75) is 39.2 Å². The van der Waals surface area contributed by atoms with Crippen molar-refractivity contribution in [3.05, 3.63) is 20.8 Å². The SMILES string of the molecule is CC(C)NCC1CCC1Cc1sccc1Br. The smallest absolute Gasteiger partial charge is 0.0314 e. The quantitative estimate of drug-likeness (QED) is 0.864. The first-order valence-electron chi connectivity index (χ1n) is 6.12. The summed E-state index contributed by atoms with van der Waals surface area (Å²) in [6, 6.07) is 2.79. The van der Waals surface area contributed by atoms with Crippen molar-refractivity contribution >= 4 is 27.3 Å². The van der Waals surface area contributed by atoms with Gasteiger partial charge in [0.15, 0.2) is 0 Å². The molecule has 1 aromatic heterocycles. The van der Waals surface area contributed by atoms with Crippen molar-refractivity contribution in [3.63, 3.8) is 0 Å². The second-order valence-electron chi connectivity index (χ2n) is 5.06. The van der Waals surface area contributed by atoms with E-state index in [2.05, 4.69) is 46.5 Å². The molecule has 0 aliphatic heterocycles. The Balaban J connectivity index is 1.80. The van der Waals surface area contributed by atoms with Crippen LogP contribution in [0, 0.1) is 11.8 Å². The topological polar surface area (TPSA) is 12.0 Å². The molecule has 1 aromatic rings. The number of thiophene rings is 1. The van der Waals surface area contributed by atoms with Gasteiger partial charge >= 0.3 is 0 Å². The van der Waals surface area contributed by atoms with Crippen molar-refractivity contribution in [1.82, 2.24) is 5.32 Å². The lowest BCUT2D eigenvalue weighted by Crippen LogP contribution is -2.38. The predicted molar refractivity (Wildman–Crippen MR) is 75.1 cm³/mol. The van der Waals surface area contributed by atoms with Crippen LogP contribution in [0.5, 0.6) is 0 Å². The number of hydrogen-bond donors (Lipinski definition) is 1. The molecule has 0 radical (unpaired) electrons. The third-order valence-electron chi connectivity index (χ3n) is 3.50. The predicted octanol–water partition coefficient (Wildman–Crippen LogP) is 4.08. The Kier molecular flexibility index (Phi) is 4.45. The Hall–Kier alpha value is 0.140. The van der Waals surface area contributed by atoms with Gasteiger partial charge in [0.2, 0.25) is 0 Å². The highest BCUT2D eigenvalue weighted by molar-refractivity contribution is 9.10. The maximum absolute atomic E-state index is 3.62. The highest BCUT2D eigenvalue weighted by atomic mass is 79.9. The molecule has 16 heavy (non-hydrogen) atoms. The largest absolute Gasteiger partial charge is 0.314 e. The lowest BCUT2D eigenvalue weighted by atomic mass is 9.71. The van der Waals surface area contributed by atoms with E-state index in [9.17, 15) is 0 Å². The number of hydrogen-bond acceptors (Lipinski definition) is 2. The molecule has 3 heteroatoms. The van der Waals surface area contributed by atoms with Crippen LogP contribution >= 0.6 is 27.3 Å². The van der Waals surface area contributed by atoms with Gasteiger partial charge in [0.05, 0.1) is 0 Å². The number of halogens is 1. The zero-order valence-electron chi connectivity index (χ0n) is 10.0. The van der Waals surface area contributed by atoms with E-state index in [-0.39, 0.29) is 0 Å². The molecule has 2 rings (SSSR count). The van der Waals surface area contributed by atoms with E-state index in [0.29, 0.717) is 6.04 Å². The molecule has 1 aliphatic rings. The van der Waals surface area contributed by atoms with Gasteiger partial charge in [-0.15, -0.1) is 11.3 Å². The molecule has 1 heterocycles. The van der Waals surface area contributed by atoms with Gasteiger partial charge in [-0.2, -0.15) is 0 Å². The van der Waals surface area contributed by atoms with Crippen LogP contribution in [0.1, 0.15) is 31.6 Å². The summed E-state index contributed by atoms with van der Waals surface area (Å²) in [5, 5.41) is 5.74. The minimum absolute atomic E-state index is 0.620. The van der Waals surface area contributed by atoms with Crippen molar-refractivity contribution in [2.24, 2.45) is 11.8 Å². The Morgan fingerprint density at radius 2 is 2.19 bits per heavy atom. The van der Waals surface area contributed by atoms with Crippen LogP contribution in [0.3, 0.4) is 0 Å². The summed E-state index contributed by atoms with van der Waals surface area (Å²) < 4.78 is 1.31. The Morgan fingerprint density at radius 1 is 1.44 bits per heavy atom. The van der Waals surface area contributed by atoms with E-state index in [1.807, 2.05) is 11.3 Å². The lowest BCUT2D eigenvalue weighted by molar-refractivity contribution is 0.168.